The molecule has 2 heterocycles. The van der Waals surface area contributed by atoms with E-state index in [-0.39, 0.29) is 0 Å². The first-order valence-corrected chi connectivity index (χ1v) is 8.55. The van der Waals surface area contributed by atoms with Gasteiger partial charge in [0.1, 0.15) is 0 Å². The maximum absolute atomic E-state index is 3.76. The predicted molar refractivity (Wildman–Crippen MR) is 82.8 cm³/mol. The van der Waals surface area contributed by atoms with Crippen molar-refractivity contribution in [2.24, 2.45) is 0 Å². The smallest absolute Gasteiger partial charge is 0.0111 e. The largest absolute Gasteiger partial charge is 0.313 e. The van der Waals surface area contributed by atoms with Crippen LogP contribution in [0, 0.1) is 0 Å². The van der Waals surface area contributed by atoms with Gasteiger partial charge in [-0.1, -0.05) is 18.2 Å². The molecule has 19 heavy (non-hydrogen) atoms. The van der Waals surface area contributed by atoms with Crippen LogP contribution in [-0.2, 0) is 0 Å². The molecule has 3 rings (SSSR count). The Labute approximate surface area is 121 Å². The zero-order chi connectivity index (χ0) is 12.9. The molecule has 0 spiro atoms. The molecule has 1 aromatic rings. The highest BCUT2D eigenvalue weighted by Gasteiger charge is 2.31. The average molecular weight is 276 g/mol. The predicted octanol–water partition coefficient (Wildman–Crippen LogP) is 3.00. The van der Waals surface area contributed by atoms with E-state index in [9.17, 15) is 0 Å². The van der Waals surface area contributed by atoms with Gasteiger partial charge in [0.2, 0.25) is 0 Å². The molecule has 2 nitrogen and oxygen atoms in total. The number of nitrogens with one attached hydrogen (secondary N) is 1. The minimum atomic E-state index is 0.760. The Bertz CT molecular complexity index is 382. The summed E-state index contributed by atoms with van der Waals surface area (Å²) in [5, 5.41) is 3.76. The summed E-state index contributed by atoms with van der Waals surface area (Å²) in [6, 6.07) is 12.3. The van der Waals surface area contributed by atoms with Gasteiger partial charge in [-0.3, -0.25) is 0 Å². The third kappa shape index (κ3) is 3.74. The molecule has 1 aromatic carbocycles. The lowest BCUT2D eigenvalue weighted by molar-refractivity contribution is 0.168. The van der Waals surface area contributed by atoms with Gasteiger partial charge in [0.25, 0.3) is 0 Å². The van der Waals surface area contributed by atoms with E-state index < -0.39 is 0 Å². The van der Waals surface area contributed by atoms with Crippen LogP contribution in [0.4, 0.5) is 0 Å². The van der Waals surface area contributed by atoms with E-state index >= 15 is 0 Å². The maximum atomic E-state index is 3.76. The summed E-state index contributed by atoms with van der Waals surface area (Å²) in [6.07, 6.45) is 5.56. The lowest BCUT2D eigenvalue weighted by Crippen LogP contribution is -2.46. The summed E-state index contributed by atoms with van der Waals surface area (Å²) in [6.45, 7) is 3.80. The van der Waals surface area contributed by atoms with Crippen molar-refractivity contribution in [3.63, 3.8) is 0 Å². The Morgan fingerprint density at radius 1 is 1.16 bits per heavy atom. The maximum Gasteiger partial charge on any atom is 0.0111 e. The number of thioether (sulfide) groups is 1. The van der Waals surface area contributed by atoms with Crippen molar-refractivity contribution in [2.45, 2.75) is 42.7 Å². The van der Waals surface area contributed by atoms with E-state index in [4.69, 9.17) is 0 Å². The lowest BCUT2D eigenvalue weighted by Gasteiger charge is -2.35. The molecule has 1 N–H and O–H groups in total. The Kier molecular flexibility index (Phi) is 4.81. The van der Waals surface area contributed by atoms with Crippen molar-refractivity contribution in [3.05, 3.63) is 30.3 Å². The normalized spacial score (nSPS) is 27.4. The van der Waals surface area contributed by atoms with Crippen molar-refractivity contribution < 1.29 is 0 Å². The first-order chi connectivity index (χ1) is 9.42. The first-order valence-electron chi connectivity index (χ1n) is 7.57. The zero-order valence-corrected chi connectivity index (χ0v) is 12.4. The molecule has 3 heteroatoms. The third-order valence-corrected chi connectivity index (χ3v) is 5.38. The molecule has 0 aliphatic carbocycles. The molecule has 0 amide bonds. The molecule has 2 aliphatic heterocycles. The van der Waals surface area contributed by atoms with Gasteiger partial charge in [0.15, 0.2) is 0 Å². The van der Waals surface area contributed by atoms with Gasteiger partial charge in [-0.15, -0.1) is 11.8 Å². The number of hydrogen-bond donors (Lipinski definition) is 1. The Morgan fingerprint density at radius 3 is 2.95 bits per heavy atom. The fourth-order valence-electron chi connectivity index (χ4n) is 3.36. The van der Waals surface area contributed by atoms with Crippen LogP contribution in [0.3, 0.4) is 0 Å². The molecule has 0 aromatic heterocycles. The molecule has 2 aliphatic rings. The molecular formula is C16H24N2S. The minimum Gasteiger partial charge on any atom is -0.313 e. The SMILES string of the molecule is c1ccc(SCCNC2CCN3CCCC3C2)cc1. The monoisotopic (exact) mass is 276 g/mol. The second kappa shape index (κ2) is 6.78. The molecule has 2 atom stereocenters. The zero-order valence-electron chi connectivity index (χ0n) is 11.6. The number of fused-ring (bicyclic) bond motifs is 1. The topological polar surface area (TPSA) is 15.3 Å². The summed E-state index contributed by atoms with van der Waals surface area (Å²) < 4.78 is 0. The Balaban J connectivity index is 1.34. The van der Waals surface area contributed by atoms with Crippen LogP contribution < -0.4 is 5.32 Å². The first kappa shape index (κ1) is 13.5. The molecule has 0 bridgehead atoms. The van der Waals surface area contributed by atoms with E-state index in [1.54, 1.807) is 0 Å². The van der Waals surface area contributed by atoms with Crippen molar-refractivity contribution in [1.29, 1.82) is 0 Å². The summed E-state index contributed by atoms with van der Waals surface area (Å²) >= 11 is 1.96. The third-order valence-electron chi connectivity index (χ3n) is 4.37. The second-order valence-electron chi connectivity index (χ2n) is 5.67. The molecule has 2 unspecified atom stereocenters. The highest BCUT2D eigenvalue weighted by molar-refractivity contribution is 7.99. The van der Waals surface area contributed by atoms with Crippen LogP contribution in [-0.4, -0.2) is 42.4 Å². The van der Waals surface area contributed by atoms with E-state index in [1.807, 2.05) is 11.8 Å². The van der Waals surface area contributed by atoms with Crippen LogP contribution in [0.25, 0.3) is 0 Å². The lowest BCUT2D eigenvalue weighted by atomic mass is 9.98. The van der Waals surface area contributed by atoms with Crippen molar-refractivity contribution >= 4 is 11.8 Å². The van der Waals surface area contributed by atoms with Crippen LogP contribution >= 0.6 is 11.8 Å². The number of piperidine rings is 1. The molecule has 0 radical (unpaired) electrons. The molecule has 104 valence electrons. The standard InChI is InChI=1S/C16H24N2S/c1-2-6-16(7-3-1)19-12-9-17-14-8-11-18-10-4-5-15(18)13-14/h1-3,6-7,14-15,17H,4-5,8-13H2. The fraction of sp³-hybridized carbons (Fsp3) is 0.625. The van der Waals surface area contributed by atoms with E-state index in [0.717, 1.165) is 18.6 Å². The van der Waals surface area contributed by atoms with Gasteiger partial charge in [-0.25, -0.2) is 0 Å². The summed E-state index contributed by atoms with van der Waals surface area (Å²) in [7, 11) is 0. The average Bonchev–Trinajstić information content (AvgIpc) is 2.92. The quantitative estimate of drug-likeness (QED) is 0.657. The summed E-state index contributed by atoms with van der Waals surface area (Å²) in [5.41, 5.74) is 0. The fourth-order valence-corrected chi connectivity index (χ4v) is 4.16. The highest BCUT2D eigenvalue weighted by atomic mass is 32.2. The van der Waals surface area contributed by atoms with Crippen LogP contribution in [0.1, 0.15) is 25.7 Å². The van der Waals surface area contributed by atoms with E-state index in [2.05, 4.69) is 40.5 Å². The van der Waals surface area contributed by atoms with E-state index in [1.165, 1.54) is 49.4 Å². The summed E-state index contributed by atoms with van der Waals surface area (Å²) in [4.78, 5) is 4.08. The summed E-state index contributed by atoms with van der Waals surface area (Å²) in [5.74, 6) is 1.18. The van der Waals surface area contributed by atoms with Crippen molar-refractivity contribution in [1.82, 2.24) is 10.2 Å². The molecule has 2 saturated heterocycles. The van der Waals surface area contributed by atoms with Gasteiger partial charge in [0, 0.05) is 29.3 Å². The van der Waals surface area contributed by atoms with Gasteiger partial charge in [-0.2, -0.15) is 0 Å². The van der Waals surface area contributed by atoms with Gasteiger partial charge in [-0.05, 0) is 50.9 Å². The van der Waals surface area contributed by atoms with Gasteiger partial charge in [0.05, 0.1) is 0 Å². The number of rotatable bonds is 5. The van der Waals surface area contributed by atoms with Gasteiger partial charge >= 0.3 is 0 Å². The number of hydrogen-bond acceptors (Lipinski definition) is 3. The van der Waals surface area contributed by atoms with E-state index in [0.29, 0.717) is 0 Å². The Hall–Kier alpha value is -0.510. The minimum absolute atomic E-state index is 0.760. The van der Waals surface area contributed by atoms with Crippen molar-refractivity contribution in [2.75, 3.05) is 25.4 Å². The molecule has 2 fully saturated rings. The second-order valence-corrected chi connectivity index (χ2v) is 6.84. The molecule has 0 saturated carbocycles. The van der Waals surface area contributed by atoms with Gasteiger partial charge < -0.3 is 10.2 Å². The van der Waals surface area contributed by atoms with Crippen molar-refractivity contribution in [3.8, 4) is 0 Å². The van der Waals surface area contributed by atoms with Crippen LogP contribution in [0.5, 0.6) is 0 Å². The number of nitrogens with zero attached hydrogens (tertiary/aromatic N) is 1. The highest BCUT2D eigenvalue weighted by Crippen LogP contribution is 2.26. The number of benzene rings is 1. The van der Waals surface area contributed by atoms with Crippen LogP contribution in [0.15, 0.2) is 35.2 Å². The van der Waals surface area contributed by atoms with Crippen LogP contribution in [0.2, 0.25) is 0 Å². The molecular weight excluding hydrogens is 252 g/mol. The Morgan fingerprint density at radius 2 is 2.05 bits per heavy atom.